The van der Waals surface area contributed by atoms with Gasteiger partial charge in [0.1, 0.15) is 11.8 Å². The second kappa shape index (κ2) is 14.6. The number of aryl methyl sites for hydroxylation is 1. The average Bonchev–Trinajstić information content (AvgIpc) is 2.88. The lowest BCUT2D eigenvalue weighted by Crippen LogP contribution is -2.47. The Morgan fingerprint density at radius 2 is 1.61 bits per heavy atom. The number of ether oxygens (including phenoxy) is 1. The predicted octanol–water partition coefficient (Wildman–Crippen LogP) is 3.65. The number of hydrogen-bond acceptors (Lipinski definition) is 5. The van der Waals surface area contributed by atoms with Gasteiger partial charge < -0.3 is 15.0 Å². The third-order valence-electron chi connectivity index (χ3n) is 5.95. The van der Waals surface area contributed by atoms with Gasteiger partial charge in [-0.25, -0.2) is 13.1 Å². The van der Waals surface area contributed by atoms with Crippen molar-refractivity contribution in [3.05, 3.63) is 59.7 Å². The highest BCUT2D eigenvalue weighted by Crippen LogP contribution is 2.17. The molecule has 2 aromatic rings. The molecule has 9 heteroatoms. The van der Waals surface area contributed by atoms with Crippen molar-refractivity contribution in [2.24, 2.45) is 0 Å². The highest BCUT2D eigenvalue weighted by Gasteiger charge is 2.26. The fourth-order valence-corrected chi connectivity index (χ4v) is 4.79. The fourth-order valence-electron chi connectivity index (χ4n) is 3.75. The lowest BCUT2D eigenvalue weighted by molar-refractivity contribution is -0.140. The molecule has 0 heterocycles. The monoisotopic (exact) mass is 517 g/mol. The smallest absolute Gasteiger partial charge is 0.242 e. The van der Waals surface area contributed by atoms with Crippen LogP contribution in [0.3, 0.4) is 0 Å². The Kier molecular flexibility index (Phi) is 11.9. The summed E-state index contributed by atoms with van der Waals surface area (Å²) in [5.41, 5.74) is 1.74. The first-order valence-corrected chi connectivity index (χ1v) is 14.0. The van der Waals surface area contributed by atoms with Gasteiger partial charge in [-0.1, -0.05) is 51.0 Å². The number of hydrogen-bond donors (Lipinski definition) is 2. The number of benzene rings is 2. The Hall–Kier alpha value is -2.91. The number of methoxy groups -OCH3 is 1. The summed E-state index contributed by atoms with van der Waals surface area (Å²) in [6, 6.07) is 13.3. The summed E-state index contributed by atoms with van der Waals surface area (Å²) in [5, 5.41) is 2.95. The van der Waals surface area contributed by atoms with Crippen LogP contribution >= 0.6 is 0 Å². The van der Waals surface area contributed by atoms with Crippen LogP contribution in [0.25, 0.3) is 0 Å². The van der Waals surface area contributed by atoms with Crippen molar-refractivity contribution in [1.82, 2.24) is 14.9 Å². The Morgan fingerprint density at radius 3 is 2.19 bits per heavy atom. The van der Waals surface area contributed by atoms with Crippen molar-refractivity contribution in [3.8, 4) is 5.75 Å². The molecule has 36 heavy (non-hydrogen) atoms. The van der Waals surface area contributed by atoms with E-state index in [4.69, 9.17) is 4.74 Å². The predicted molar refractivity (Wildman–Crippen MR) is 141 cm³/mol. The van der Waals surface area contributed by atoms with E-state index < -0.39 is 16.1 Å². The summed E-state index contributed by atoms with van der Waals surface area (Å²) in [6.45, 7) is 6.77. The third kappa shape index (κ3) is 8.95. The number of rotatable bonds is 15. The summed E-state index contributed by atoms with van der Waals surface area (Å²) >= 11 is 0. The zero-order valence-corrected chi connectivity index (χ0v) is 22.6. The molecule has 1 unspecified atom stereocenters. The molecule has 0 bridgehead atoms. The molecule has 2 rings (SSSR count). The van der Waals surface area contributed by atoms with Crippen molar-refractivity contribution in [1.29, 1.82) is 0 Å². The van der Waals surface area contributed by atoms with Crippen LogP contribution in [0.2, 0.25) is 0 Å². The minimum atomic E-state index is -3.52. The number of carbonyl (C=O) groups is 2. The molecule has 0 saturated heterocycles. The van der Waals surface area contributed by atoms with Gasteiger partial charge in [0.05, 0.1) is 12.0 Å². The molecule has 0 fully saturated rings. The van der Waals surface area contributed by atoms with E-state index in [-0.39, 0.29) is 23.1 Å². The maximum Gasteiger partial charge on any atom is 0.242 e. The van der Waals surface area contributed by atoms with Crippen LogP contribution in [0.5, 0.6) is 5.75 Å². The van der Waals surface area contributed by atoms with Crippen LogP contribution in [-0.2, 0) is 32.6 Å². The van der Waals surface area contributed by atoms with Crippen molar-refractivity contribution >= 4 is 21.8 Å². The summed E-state index contributed by atoms with van der Waals surface area (Å²) in [5.74, 6) is 0.398. The second-order valence-corrected chi connectivity index (χ2v) is 10.5. The zero-order valence-electron chi connectivity index (χ0n) is 21.7. The number of nitrogens with zero attached hydrogens (tertiary/aromatic N) is 1. The maximum atomic E-state index is 13.3. The van der Waals surface area contributed by atoms with Crippen LogP contribution in [0.15, 0.2) is 53.4 Å². The molecule has 2 amide bonds. The van der Waals surface area contributed by atoms with Gasteiger partial charge >= 0.3 is 0 Å². The van der Waals surface area contributed by atoms with Crippen LogP contribution in [-0.4, -0.2) is 51.4 Å². The first-order chi connectivity index (χ1) is 17.2. The van der Waals surface area contributed by atoms with E-state index >= 15 is 0 Å². The molecule has 0 radical (unpaired) electrons. The zero-order chi connectivity index (χ0) is 26.6. The quantitative estimate of drug-likeness (QED) is 0.351. The summed E-state index contributed by atoms with van der Waals surface area (Å²) < 4.78 is 32.0. The molecule has 1 atom stereocenters. The van der Waals surface area contributed by atoms with Gasteiger partial charge in [0, 0.05) is 26.1 Å². The van der Waals surface area contributed by atoms with Crippen LogP contribution < -0.4 is 14.8 Å². The molecule has 2 aromatic carbocycles. The first-order valence-electron chi connectivity index (χ1n) is 12.5. The summed E-state index contributed by atoms with van der Waals surface area (Å²) in [4.78, 5) is 27.9. The Bertz CT molecular complexity index is 1070. The van der Waals surface area contributed by atoms with E-state index in [0.29, 0.717) is 26.1 Å². The lowest BCUT2D eigenvalue weighted by Gasteiger charge is -2.29. The molecule has 0 saturated carbocycles. The van der Waals surface area contributed by atoms with Gasteiger partial charge in [-0.05, 0) is 55.2 Å². The lowest BCUT2D eigenvalue weighted by atomic mass is 10.1. The number of amides is 2. The molecule has 0 spiro atoms. The van der Waals surface area contributed by atoms with E-state index in [0.717, 1.165) is 36.1 Å². The summed E-state index contributed by atoms with van der Waals surface area (Å²) in [7, 11) is -1.93. The van der Waals surface area contributed by atoms with Gasteiger partial charge in [-0.15, -0.1) is 0 Å². The molecular weight excluding hydrogens is 478 g/mol. The Morgan fingerprint density at radius 1 is 0.972 bits per heavy atom. The van der Waals surface area contributed by atoms with E-state index in [1.807, 2.05) is 24.3 Å². The van der Waals surface area contributed by atoms with E-state index in [2.05, 4.69) is 17.0 Å². The maximum absolute atomic E-state index is 13.3. The molecule has 8 nitrogen and oxygen atoms in total. The topological polar surface area (TPSA) is 105 Å². The second-order valence-electron chi connectivity index (χ2n) is 8.69. The fraction of sp³-hybridized carbons (Fsp3) is 0.481. The van der Waals surface area contributed by atoms with Gasteiger partial charge in [-0.3, -0.25) is 9.59 Å². The number of nitrogens with one attached hydrogen (secondary N) is 2. The number of carbonyl (C=O) groups excluding carboxylic acids is 2. The van der Waals surface area contributed by atoms with Crippen molar-refractivity contribution in [3.63, 3.8) is 0 Å². The molecule has 0 aromatic heterocycles. The molecule has 0 aliphatic rings. The van der Waals surface area contributed by atoms with Gasteiger partial charge in [-0.2, -0.15) is 0 Å². The molecular formula is C27H39N3O5S. The van der Waals surface area contributed by atoms with Gasteiger partial charge in [0.25, 0.3) is 0 Å². The van der Waals surface area contributed by atoms with Crippen LogP contribution in [0, 0.1) is 0 Å². The van der Waals surface area contributed by atoms with Gasteiger partial charge in [0.15, 0.2) is 0 Å². The van der Waals surface area contributed by atoms with E-state index in [9.17, 15) is 18.0 Å². The normalized spacial score (nSPS) is 12.1. The molecule has 198 valence electrons. The minimum absolute atomic E-state index is 0.147. The molecule has 0 aliphatic heterocycles. The highest BCUT2D eigenvalue weighted by molar-refractivity contribution is 7.89. The van der Waals surface area contributed by atoms with Crippen LogP contribution in [0.1, 0.15) is 57.6 Å². The van der Waals surface area contributed by atoms with Gasteiger partial charge in [0.2, 0.25) is 21.8 Å². The van der Waals surface area contributed by atoms with Crippen molar-refractivity contribution < 1.29 is 22.7 Å². The number of unbranched alkanes of at least 4 members (excludes halogenated alkanes) is 2. The summed E-state index contributed by atoms with van der Waals surface area (Å²) in [6.07, 6.45) is 3.64. The molecule has 0 aliphatic carbocycles. The Balaban J connectivity index is 2.10. The van der Waals surface area contributed by atoms with Crippen molar-refractivity contribution in [2.45, 2.75) is 70.4 Å². The minimum Gasteiger partial charge on any atom is -0.497 e. The van der Waals surface area contributed by atoms with Crippen LogP contribution in [0.4, 0.5) is 0 Å². The van der Waals surface area contributed by atoms with Crippen molar-refractivity contribution in [2.75, 3.05) is 20.2 Å². The SMILES string of the molecule is CCCCCNC(=O)C(C)N(Cc1ccc(OC)cc1)C(=O)CCc1ccc(S(=O)(=O)NCC)cc1. The standard InChI is InChI=1S/C27H39N3O5S/c1-5-7-8-19-28-27(32)21(3)30(20-23-9-14-24(35-4)15-10-23)26(31)18-13-22-11-16-25(17-12-22)36(33,34)29-6-2/h9-12,14-17,21,29H,5-8,13,18-20H2,1-4H3,(H,28,32). The average molecular weight is 518 g/mol. The highest BCUT2D eigenvalue weighted by atomic mass is 32.2. The molecule has 2 N–H and O–H groups in total. The van der Waals surface area contributed by atoms with E-state index in [1.165, 1.54) is 0 Å². The largest absolute Gasteiger partial charge is 0.497 e. The first kappa shape index (κ1) is 29.3. The third-order valence-corrected chi connectivity index (χ3v) is 7.52. The van der Waals surface area contributed by atoms with E-state index in [1.54, 1.807) is 50.1 Å². The number of sulfonamides is 1. The Labute approximate surface area is 215 Å².